The number of hydrogen-bond donors (Lipinski definition) is 2. The maximum atomic E-state index is 11.4. The summed E-state index contributed by atoms with van der Waals surface area (Å²) in [4.78, 5) is 14.3. The third kappa shape index (κ3) is 2.34. The molecule has 0 amide bonds. The van der Waals surface area contributed by atoms with Crippen LogP contribution in [-0.2, 0) is 18.4 Å². The maximum absolute atomic E-state index is 11.4. The number of nitrogens with two attached hydrogens (primary N) is 1. The summed E-state index contributed by atoms with van der Waals surface area (Å²) >= 11 is 0. The molecule has 1 aliphatic carbocycles. The summed E-state index contributed by atoms with van der Waals surface area (Å²) in [6.07, 6.45) is 3.71. The highest BCUT2D eigenvalue weighted by atomic mass is 16.1. The van der Waals surface area contributed by atoms with E-state index in [1.165, 1.54) is 5.56 Å². The van der Waals surface area contributed by atoms with Crippen LogP contribution in [0.2, 0.25) is 0 Å². The molecule has 0 saturated carbocycles. The van der Waals surface area contributed by atoms with Gasteiger partial charge in [-0.15, -0.1) is 0 Å². The zero-order valence-corrected chi connectivity index (χ0v) is 10.9. The van der Waals surface area contributed by atoms with Crippen molar-refractivity contribution in [1.82, 2.24) is 4.98 Å². The van der Waals surface area contributed by atoms with E-state index in [1.807, 2.05) is 24.3 Å². The lowest BCUT2D eigenvalue weighted by Gasteiger charge is -2.35. The summed E-state index contributed by atoms with van der Waals surface area (Å²) in [5.41, 5.74) is 9.58. The minimum Gasteiger partial charge on any atom is -0.326 e. The molecule has 0 bridgehead atoms. The van der Waals surface area contributed by atoms with Gasteiger partial charge in [0.15, 0.2) is 0 Å². The minimum absolute atomic E-state index is 0.0392. The summed E-state index contributed by atoms with van der Waals surface area (Å²) in [6, 6.07) is 13.8. The standard InChI is InChI=1S/C16H18N2O/c17-16(11-12-5-2-1-3-6-12)10-4-7-14-13(16)8-9-15(19)18-14/h1-3,5-6,8-9H,4,7,10-11,17H2,(H,18,19)/t16-/m1/s1. The van der Waals surface area contributed by atoms with E-state index >= 15 is 0 Å². The van der Waals surface area contributed by atoms with Crippen LogP contribution >= 0.6 is 0 Å². The van der Waals surface area contributed by atoms with E-state index in [9.17, 15) is 4.79 Å². The Balaban J connectivity index is 2.00. The molecule has 0 fully saturated rings. The average molecular weight is 254 g/mol. The van der Waals surface area contributed by atoms with Crippen LogP contribution in [0.3, 0.4) is 0 Å². The summed E-state index contributed by atoms with van der Waals surface area (Å²) in [5, 5.41) is 0. The summed E-state index contributed by atoms with van der Waals surface area (Å²) < 4.78 is 0. The fraction of sp³-hybridized carbons (Fsp3) is 0.312. The Bertz CT molecular complexity index is 633. The molecule has 2 aromatic rings. The number of aromatic amines is 1. The molecular weight excluding hydrogens is 236 g/mol. The predicted octanol–water partition coefficient (Wildman–Crippen LogP) is 2.11. The largest absolute Gasteiger partial charge is 0.326 e. The lowest BCUT2D eigenvalue weighted by molar-refractivity contribution is 0.365. The van der Waals surface area contributed by atoms with Gasteiger partial charge < -0.3 is 10.7 Å². The summed E-state index contributed by atoms with van der Waals surface area (Å²) in [6.45, 7) is 0. The van der Waals surface area contributed by atoms with Gasteiger partial charge in [0, 0.05) is 17.3 Å². The van der Waals surface area contributed by atoms with Gasteiger partial charge in [-0.05, 0) is 42.9 Å². The normalized spacial score (nSPS) is 21.9. The number of fused-ring (bicyclic) bond motifs is 1. The van der Waals surface area contributed by atoms with Gasteiger partial charge in [-0.1, -0.05) is 30.3 Å². The molecule has 3 N–H and O–H groups in total. The third-order valence-electron chi connectivity index (χ3n) is 3.95. The zero-order chi connectivity index (χ0) is 13.3. The highest BCUT2D eigenvalue weighted by Gasteiger charge is 2.33. The van der Waals surface area contributed by atoms with Gasteiger partial charge in [-0.25, -0.2) is 0 Å². The van der Waals surface area contributed by atoms with Gasteiger partial charge in [0.25, 0.3) is 0 Å². The highest BCUT2D eigenvalue weighted by molar-refractivity contribution is 5.33. The van der Waals surface area contributed by atoms with Crippen molar-refractivity contribution >= 4 is 0 Å². The molecule has 3 rings (SSSR count). The fourth-order valence-corrected chi connectivity index (χ4v) is 3.04. The molecule has 1 aliphatic rings. The van der Waals surface area contributed by atoms with Crippen molar-refractivity contribution in [1.29, 1.82) is 0 Å². The molecule has 0 unspecified atom stereocenters. The molecule has 98 valence electrons. The van der Waals surface area contributed by atoms with E-state index in [2.05, 4.69) is 17.1 Å². The van der Waals surface area contributed by atoms with Crippen molar-refractivity contribution < 1.29 is 0 Å². The summed E-state index contributed by atoms with van der Waals surface area (Å²) in [7, 11) is 0. The molecule has 1 atom stereocenters. The molecular formula is C16H18N2O. The number of hydrogen-bond acceptors (Lipinski definition) is 2. The quantitative estimate of drug-likeness (QED) is 0.862. The van der Waals surface area contributed by atoms with Crippen LogP contribution in [0, 0.1) is 0 Å². The number of H-pyrrole nitrogens is 1. The van der Waals surface area contributed by atoms with Gasteiger partial charge in [0.05, 0.1) is 0 Å². The molecule has 1 aromatic heterocycles. The summed E-state index contributed by atoms with van der Waals surface area (Å²) in [5.74, 6) is 0. The molecule has 0 aliphatic heterocycles. The van der Waals surface area contributed by atoms with Crippen LogP contribution in [0.15, 0.2) is 47.3 Å². The maximum Gasteiger partial charge on any atom is 0.248 e. The first-order valence-electron chi connectivity index (χ1n) is 6.73. The number of aromatic nitrogens is 1. The smallest absolute Gasteiger partial charge is 0.248 e. The van der Waals surface area contributed by atoms with Crippen molar-refractivity contribution in [2.75, 3.05) is 0 Å². The van der Waals surface area contributed by atoms with Gasteiger partial charge in [-0.3, -0.25) is 4.79 Å². The molecule has 3 nitrogen and oxygen atoms in total. The van der Waals surface area contributed by atoms with Crippen molar-refractivity contribution in [2.24, 2.45) is 5.73 Å². The van der Waals surface area contributed by atoms with E-state index in [0.29, 0.717) is 0 Å². The van der Waals surface area contributed by atoms with Gasteiger partial charge in [0.1, 0.15) is 0 Å². The number of benzene rings is 1. The van der Waals surface area contributed by atoms with Crippen LogP contribution in [-0.4, -0.2) is 4.98 Å². The van der Waals surface area contributed by atoms with E-state index in [0.717, 1.165) is 36.9 Å². The Morgan fingerprint density at radius 1 is 1.16 bits per heavy atom. The SMILES string of the molecule is N[C@@]1(Cc2ccccc2)CCCc2[nH]c(=O)ccc21. The number of pyridine rings is 1. The minimum atomic E-state index is -0.362. The lowest BCUT2D eigenvalue weighted by Crippen LogP contribution is -2.43. The van der Waals surface area contributed by atoms with Crippen LogP contribution < -0.4 is 11.3 Å². The predicted molar refractivity (Wildman–Crippen MR) is 76.0 cm³/mol. The molecule has 1 heterocycles. The van der Waals surface area contributed by atoms with Crippen LogP contribution in [0.5, 0.6) is 0 Å². The van der Waals surface area contributed by atoms with E-state index in [1.54, 1.807) is 6.07 Å². The zero-order valence-electron chi connectivity index (χ0n) is 10.9. The number of rotatable bonds is 2. The van der Waals surface area contributed by atoms with Gasteiger partial charge >= 0.3 is 0 Å². The van der Waals surface area contributed by atoms with Crippen molar-refractivity contribution in [3.05, 3.63) is 69.6 Å². The van der Waals surface area contributed by atoms with E-state index in [4.69, 9.17) is 5.73 Å². The first-order valence-corrected chi connectivity index (χ1v) is 6.73. The number of aryl methyl sites for hydroxylation is 1. The van der Waals surface area contributed by atoms with Crippen molar-refractivity contribution in [3.63, 3.8) is 0 Å². The Morgan fingerprint density at radius 3 is 2.74 bits per heavy atom. The second-order valence-electron chi connectivity index (χ2n) is 5.39. The van der Waals surface area contributed by atoms with Gasteiger partial charge in [0.2, 0.25) is 5.56 Å². The molecule has 0 saturated heterocycles. The van der Waals surface area contributed by atoms with E-state index in [-0.39, 0.29) is 11.1 Å². The van der Waals surface area contributed by atoms with Crippen LogP contribution in [0.1, 0.15) is 29.7 Å². The topological polar surface area (TPSA) is 58.9 Å². The molecule has 0 spiro atoms. The first-order chi connectivity index (χ1) is 9.17. The second-order valence-corrected chi connectivity index (χ2v) is 5.39. The first kappa shape index (κ1) is 12.2. The second kappa shape index (κ2) is 4.67. The molecule has 3 heteroatoms. The Morgan fingerprint density at radius 2 is 1.95 bits per heavy atom. The molecule has 19 heavy (non-hydrogen) atoms. The van der Waals surface area contributed by atoms with Crippen LogP contribution in [0.25, 0.3) is 0 Å². The Kier molecular flexibility index (Phi) is 2.99. The fourth-order valence-electron chi connectivity index (χ4n) is 3.04. The third-order valence-corrected chi connectivity index (χ3v) is 3.95. The van der Waals surface area contributed by atoms with Crippen molar-refractivity contribution in [2.45, 2.75) is 31.2 Å². The van der Waals surface area contributed by atoms with Gasteiger partial charge in [-0.2, -0.15) is 0 Å². The molecule has 1 aromatic carbocycles. The van der Waals surface area contributed by atoms with E-state index < -0.39 is 0 Å². The Labute approximate surface area is 112 Å². The Hall–Kier alpha value is -1.87. The monoisotopic (exact) mass is 254 g/mol. The average Bonchev–Trinajstić information content (AvgIpc) is 2.39. The number of nitrogens with one attached hydrogen (secondary N) is 1. The van der Waals surface area contributed by atoms with Crippen molar-refractivity contribution in [3.8, 4) is 0 Å². The molecule has 0 radical (unpaired) electrons. The van der Waals surface area contributed by atoms with Crippen LogP contribution in [0.4, 0.5) is 0 Å². The lowest BCUT2D eigenvalue weighted by atomic mass is 9.75. The highest BCUT2D eigenvalue weighted by Crippen LogP contribution is 2.34.